The topological polar surface area (TPSA) is 67.9 Å². The lowest BCUT2D eigenvalue weighted by molar-refractivity contribution is -0.0566. The molecule has 3 fully saturated rings. The van der Waals surface area contributed by atoms with Gasteiger partial charge in [-0.25, -0.2) is 13.8 Å². The van der Waals surface area contributed by atoms with E-state index in [2.05, 4.69) is 14.8 Å². The van der Waals surface area contributed by atoms with Gasteiger partial charge in [0.05, 0.1) is 29.5 Å². The maximum Gasteiger partial charge on any atom is 0.260 e. The standard InChI is InChI=1S/C29H32F2N6O2/c30-29(31)4-9-34(10-5-29)15-21-1-2-26-33-22(18-36(26)16-21)17-35-8-3-23-24(27(35)38)13-32-14-25(23)37-19-28(20-37)6-11-39-12-7-28/h1-3,8,13-14,16,18H,4-7,9-12,15,17,19-20H2. The number of anilines is 1. The van der Waals surface area contributed by atoms with Gasteiger partial charge in [-0.2, -0.15) is 0 Å². The molecule has 0 aliphatic carbocycles. The van der Waals surface area contributed by atoms with Crippen molar-refractivity contribution in [3.8, 4) is 0 Å². The van der Waals surface area contributed by atoms with Crippen molar-refractivity contribution in [3.63, 3.8) is 0 Å². The molecule has 4 aromatic heterocycles. The number of imidazole rings is 1. The summed E-state index contributed by atoms with van der Waals surface area (Å²) in [6, 6.07) is 5.95. The second-order valence-electron chi connectivity index (χ2n) is 11.5. The van der Waals surface area contributed by atoms with Gasteiger partial charge in [0.15, 0.2) is 0 Å². The molecule has 0 radical (unpaired) electrons. The average Bonchev–Trinajstić information content (AvgIpc) is 3.32. The second-order valence-corrected chi connectivity index (χ2v) is 11.5. The Kier molecular flexibility index (Phi) is 5.93. The Balaban J connectivity index is 1.08. The molecule has 39 heavy (non-hydrogen) atoms. The first-order chi connectivity index (χ1) is 18.9. The smallest absolute Gasteiger partial charge is 0.260 e. The van der Waals surface area contributed by atoms with E-state index >= 15 is 0 Å². The molecule has 204 valence electrons. The molecule has 7 rings (SSSR count). The summed E-state index contributed by atoms with van der Waals surface area (Å²) in [6.07, 6.45) is 11.3. The van der Waals surface area contributed by atoms with Crippen molar-refractivity contribution < 1.29 is 13.5 Å². The van der Waals surface area contributed by atoms with Crippen LogP contribution in [0.2, 0.25) is 0 Å². The Bertz CT molecular complexity index is 1570. The largest absolute Gasteiger partial charge is 0.381 e. The highest BCUT2D eigenvalue weighted by atomic mass is 19.3. The predicted molar refractivity (Wildman–Crippen MR) is 144 cm³/mol. The molecular weight excluding hydrogens is 502 g/mol. The van der Waals surface area contributed by atoms with Gasteiger partial charge in [0.1, 0.15) is 5.65 Å². The summed E-state index contributed by atoms with van der Waals surface area (Å²) in [7, 11) is 0. The van der Waals surface area contributed by atoms with Gasteiger partial charge in [-0.1, -0.05) is 6.07 Å². The molecule has 4 aromatic rings. The highest BCUT2D eigenvalue weighted by Crippen LogP contribution is 2.43. The average molecular weight is 535 g/mol. The Labute approximate surface area is 224 Å². The van der Waals surface area contributed by atoms with Crippen molar-refractivity contribution in [2.75, 3.05) is 44.3 Å². The molecule has 0 bridgehead atoms. The minimum Gasteiger partial charge on any atom is -0.381 e. The van der Waals surface area contributed by atoms with Crippen LogP contribution in [0.4, 0.5) is 14.5 Å². The van der Waals surface area contributed by atoms with Crippen LogP contribution in [0.25, 0.3) is 16.4 Å². The second kappa shape index (κ2) is 9.38. The first-order valence-corrected chi connectivity index (χ1v) is 13.7. The van der Waals surface area contributed by atoms with Crippen molar-refractivity contribution >= 4 is 22.1 Å². The maximum absolute atomic E-state index is 13.5. The van der Waals surface area contributed by atoms with E-state index in [4.69, 9.17) is 9.72 Å². The number of rotatable bonds is 5. The van der Waals surface area contributed by atoms with Crippen LogP contribution in [-0.4, -0.2) is 69.2 Å². The van der Waals surface area contributed by atoms with Gasteiger partial charge in [0.2, 0.25) is 0 Å². The van der Waals surface area contributed by atoms with Crippen LogP contribution in [0, 0.1) is 5.41 Å². The van der Waals surface area contributed by atoms with Gasteiger partial charge in [0, 0.05) is 94.4 Å². The molecule has 0 aromatic carbocycles. The highest BCUT2D eigenvalue weighted by Gasteiger charge is 2.44. The van der Waals surface area contributed by atoms with E-state index in [1.54, 1.807) is 10.8 Å². The summed E-state index contributed by atoms with van der Waals surface area (Å²) in [6.45, 7) is 5.40. The van der Waals surface area contributed by atoms with E-state index in [0.717, 1.165) is 67.1 Å². The lowest BCUT2D eigenvalue weighted by atomic mass is 9.73. The molecule has 10 heteroatoms. The van der Waals surface area contributed by atoms with Gasteiger partial charge < -0.3 is 18.6 Å². The van der Waals surface area contributed by atoms with Gasteiger partial charge in [-0.15, -0.1) is 0 Å². The van der Waals surface area contributed by atoms with E-state index in [9.17, 15) is 13.6 Å². The summed E-state index contributed by atoms with van der Waals surface area (Å²) in [5.74, 6) is -2.54. The fourth-order valence-electron chi connectivity index (χ4n) is 6.35. The SMILES string of the molecule is O=c1c2cncc(N3CC4(CCOCC4)C3)c2ccn1Cc1cn2cc(CN3CCC(F)(F)CC3)ccc2n1. The van der Waals surface area contributed by atoms with Crippen molar-refractivity contribution in [1.29, 1.82) is 0 Å². The molecule has 8 nitrogen and oxygen atoms in total. The van der Waals surface area contributed by atoms with Crippen molar-refractivity contribution in [1.82, 2.24) is 23.8 Å². The minimum atomic E-state index is -2.54. The quantitative estimate of drug-likeness (QED) is 0.387. The number of alkyl halides is 2. The van der Waals surface area contributed by atoms with Gasteiger partial charge in [-0.3, -0.25) is 14.7 Å². The van der Waals surface area contributed by atoms with E-state index < -0.39 is 5.92 Å². The Morgan fingerprint density at radius 1 is 0.923 bits per heavy atom. The van der Waals surface area contributed by atoms with E-state index in [0.29, 0.717) is 37.0 Å². The predicted octanol–water partition coefficient (Wildman–Crippen LogP) is 3.94. The van der Waals surface area contributed by atoms with Crippen LogP contribution < -0.4 is 10.5 Å². The molecule has 7 heterocycles. The summed E-state index contributed by atoms with van der Waals surface area (Å²) in [5, 5.41) is 1.55. The van der Waals surface area contributed by atoms with Crippen molar-refractivity contribution in [2.45, 2.75) is 44.7 Å². The zero-order valence-electron chi connectivity index (χ0n) is 21.9. The fourth-order valence-corrected chi connectivity index (χ4v) is 6.35. The number of aromatic nitrogens is 4. The van der Waals surface area contributed by atoms with Gasteiger partial charge in [0.25, 0.3) is 11.5 Å². The Morgan fingerprint density at radius 3 is 2.51 bits per heavy atom. The fraction of sp³-hybridized carbons (Fsp3) is 0.483. The third-order valence-corrected chi connectivity index (χ3v) is 8.71. The molecule has 3 aliphatic heterocycles. The summed E-state index contributed by atoms with van der Waals surface area (Å²) >= 11 is 0. The monoisotopic (exact) mass is 534 g/mol. The number of likely N-dealkylation sites (tertiary alicyclic amines) is 1. The Morgan fingerprint density at radius 2 is 1.72 bits per heavy atom. The van der Waals surface area contributed by atoms with Crippen LogP contribution in [0.1, 0.15) is 36.9 Å². The van der Waals surface area contributed by atoms with Crippen LogP contribution >= 0.6 is 0 Å². The molecule has 0 saturated carbocycles. The Hall–Kier alpha value is -3.37. The number of hydrogen-bond donors (Lipinski definition) is 0. The third-order valence-electron chi connectivity index (χ3n) is 8.71. The first kappa shape index (κ1) is 24.7. The van der Waals surface area contributed by atoms with Crippen LogP contribution in [-0.2, 0) is 17.8 Å². The summed E-state index contributed by atoms with van der Waals surface area (Å²) in [5.41, 5.74) is 3.89. The molecule has 3 aliphatic rings. The highest BCUT2D eigenvalue weighted by molar-refractivity contribution is 5.93. The third kappa shape index (κ3) is 4.69. The molecule has 1 spiro atoms. The number of halogens is 2. The van der Waals surface area contributed by atoms with E-state index in [1.165, 1.54) is 0 Å². The lowest BCUT2D eigenvalue weighted by Crippen LogP contribution is -2.58. The first-order valence-electron chi connectivity index (χ1n) is 13.7. The van der Waals surface area contributed by atoms with Gasteiger partial charge >= 0.3 is 0 Å². The van der Waals surface area contributed by atoms with Gasteiger partial charge in [-0.05, 0) is 30.5 Å². The van der Waals surface area contributed by atoms with E-state index in [1.807, 2.05) is 47.4 Å². The summed E-state index contributed by atoms with van der Waals surface area (Å²) < 4.78 is 36.2. The summed E-state index contributed by atoms with van der Waals surface area (Å²) in [4.78, 5) is 27.0. The molecular formula is C29H32F2N6O2. The minimum absolute atomic E-state index is 0.0807. The molecule has 0 atom stereocenters. The van der Waals surface area contributed by atoms with E-state index in [-0.39, 0.29) is 18.4 Å². The number of nitrogens with zero attached hydrogens (tertiary/aromatic N) is 6. The van der Waals surface area contributed by atoms with Crippen LogP contribution in [0.5, 0.6) is 0 Å². The normalized spacial score (nSPS) is 21.0. The maximum atomic E-state index is 13.5. The number of ether oxygens (including phenoxy) is 1. The number of pyridine rings is 3. The van der Waals surface area contributed by atoms with Crippen LogP contribution in [0.15, 0.2) is 54.0 Å². The zero-order chi connectivity index (χ0) is 26.6. The van der Waals surface area contributed by atoms with Crippen LogP contribution in [0.3, 0.4) is 0 Å². The number of fused-ring (bicyclic) bond motifs is 2. The molecule has 3 saturated heterocycles. The number of piperidine rings is 1. The van der Waals surface area contributed by atoms with Crippen molar-refractivity contribution in [3.05, 3.63) is 70.8 Å². The molecule has 0 N–H and O–H groups in total. The van der Waals surface area contributed by atoms with Crippen molar-refractivity contribution in [2.24, 2.45) is 5.41 Å². The zero-order valence-corrected chi connectivity index (χ0v) is 21.9. The lowest BCUT2D eigenvalue weighted by Gasteiger charge is -2.53. The molecule has 0 amide bonds. The number of hydrogen-bond acceptors (Lipinski definition) is 6. The molecule has 0 unspecified atom stereocenters.